The molecule has 0 aliphatic carbocycles. The molecule has 5 rings (SSSR count). The second-order valence-corrected chi connectivity index (χ2v) is 10.2. The van der Waals surface area contributed by atoms with Crippen molar-refractivity contribution in [3.63, 3.8) is 0 Å². The van der Waals surface area contributed by atoms with Gasteiger partial charge in [0.15, 0.2) is 0 Å². The highest BCUT2D eigenvalue weighted by Gasteiger charge is 2.36. The van der Waals surface area contributed by atoms with Crippen LogP contribution in [0.1, 0.15) is 28.4 Å². The Kier molecular flexibility index (Phi) is 8.58. The van der Waals surface area contributed by atoms with Crippen molar-refractivity contribution in [2.75, 3.05) is 62.4 Å². The Balaban J connectivity index is 1.39. The largest absolute Gasteiger partial charge is 0.495 e. The van der Waals surface area contributed by atoms with E-state index >= 15 is 0 Å². The topological polar surface area (TPSA) is 91.9 Å². The lowest BCUT2D eigenvalue weighted by molar-refractivity contribution is -0.137. The Morgan fingerprint density at radius 2 is 1.77 bits per heavy atom. The molecule has 12 heteroatoms. The Hall–Kier alpha value is -4.58. The third kappa shape index (κ3) is 6.43. The first-order chi connectivity index (χ1) is 20.6. The number of fused-ring (bicyclic) bond motifs is 1. The van der Waals surface area contributed by atoms with Gasteiger partial charge in [0.05, 0.1) is 29.3 Å². The zero-order valence-corrected chi connectivity index (χ0v) is 24.4. The van der Waals surface area contributed by atoms with Gasteiger partial charge in [0.1, 0.15) is 17.8 Å². The molecule has 1 amide bonds. The zero-order valence-electron chi connectivity index (χ0n) is 24.4. The molecule has 0 atom stereocenters. The van der Waals surface area contributed by atoms with E-state index in [0.29, 0.717) is 48.6 Å². The molecule has 0 unspecified atom stereocenters. The van der Waals surface area contributed by atoms with E-state index in [2.05, 4.69) is 25.5 Å². The van der Waals surface area contributed by atoms with Crippen LogP contribution in [0, 0.1) is 6.92 Å². The number of hydrogen-bond donors (Lipinski definition) is 2. The lowest BCUT2D eigenvalue weighted by Gasteiger charge is -2.36. The number of benzene rings is 3. The number of nitrogens with one attached hydrogen (secondary N) is 2. The van der Waals surface area contributed by atoms with Gasteiger partial charge in [-0.3, -0.25) is 4.79 Å². The molecular weight excluding hydrogens is 561 g/mol. The molecule has 43 heavy (non-hydrogen) atoms. The lowest BCUT2D eigenvalue weighted by atomic mass is 10.1. The van der Waals surface area contributed by atoms with Crippen molar-refractivity contribution in [2.24, 2.45) is 0 Å². The third-order valence-electron chi connectivity index (χ3n) is 7.57. The van der Waals surface area contributed by atoms with Gasteiger partial charge in [0.25, 0.3) is 5.91 Å². The Labute approximate surface area is 247 Å². The van der Waals surface area contributed by atoms with Crippen LogP contribution in [-0.4, -0.2) is 67.7 Å². The number of methoxy groups -OCH3 is 1. The van der Waals surface area contributed by atoms with Gasteiger partial charge in [0, 0.05) is 50.2 Å². The van der Waals surface area contributed by atoms with E-state index in [0.717, 1.165) is 23.9 Å². The maximum Gasteiger partial charge on any atom is 0.418 e. The molecule has 3 aromatic carbocycles. The fraction of sp³-hybridized carbons (Fsp3) is 0.323. The number of ether oxygens (including phenoxy) is 2. The van der Waals surface area contributed by atoms with Crippen molar-refractivity contribution in [1.82, 2.24) is 14.9 Å². The van der Waals surface area contributed by atoms with Crippen molar-refractivity contribution >= 4 is 33.9 Å². The van der Waals surface area contributed by atoms with E-state index in [1.165, 1.54) is 24.5 Å². The molecule has 4 aromatic rings. The predicted molar refractivity (Wildman–Crippen MR) is 161 cm³/mol. The normalized spacial score (nSPS) is 14.1. The Morgan fingerprint density at radius 1 is 1.00 bits per heavy atom. The zero-order chi connectivity index (χ0) is 30.7. The highest BCUT2D eigenvalue weighted by atomic mass is 19.4. The van der Waals surface area contributed by atoms with Gasteiger partial charge >= 0.3 is 6.18 Å². The number of rotatable bonds is 8. The highest BCUT2D eigenvalue weighted by molar-refractivity contribution is 6.04. The van der Waals surface area contributed by atoms with Gasteiger partial charge in [-0.15, -0.1) is 0 Å². The first-order valence-corrected chi connectivity index (χ1v) is 13.9. The first kappa shape index (κ1) is 29.9. The van der Waals surface area contributed by atoms with Gasteiger partial charge < -0.3 is 29.9 Å². The molecule has 1 fully saturated rings. The minimum atomic E-state index is -4.58. The van der Waals surface area contributed by atoms with E-state index in [9.17, 15) is 18.0 Å². The molecule has 0 radical (unpaired) electrons. The SMILES string of the molecule is CCN1CCN(c2ccc(NC(=O)c3ccc(C)c(Oc4ncnc5cc(NC)c(OC)cc45)c3)cc2C(F)(F)F)CC1. The summed E-state index contributed by atoms with van der Waals surface area (Å²) in [4.78, 5) is 25.7. The van der Waals surface area contributed by atoms with Gasteiger partial charge in [-0.05, 0) is 61.5 Å². The number of nitrogens with zero attached hydrogens (tertiary/aromatic N) is 4. The molecule has 1 aromatic heterocycles. The minimum absolute atomic E-state index is 0.0468. The number of likely N-dealkylation sites (N-methyl/N-ethyl adjacent to an activating group) is 1. The van der Waals surface area contributed by atoms with Crippen LogP contribution in [0.25, 0.3) is 10.9 Å². The summed E-state index contributed by atoms with van der Waals surface area (Å²) in [6.07, 6.45) is -3.21. The third-order valence-corrected chi connectivity index (χ3v) is 7.57. The van der Waals surface area contributed by atoms with E-state index in [4.69, 9.17) is 9.47 Å². The summed E-state index contributed by atoms with van der Waals surface area (Å²) in [5, 5.41) is 6.27. The highest BCUT2D eigenvalue weighted by Crippen LogP contribution is 2.39. The summed E-state index contributed by atoms with van der Waals surface area (Å²) in [5.74, 6) is 0.626. The molecule has 0 spiro atoms. The molecule has 1 saturated heterocycles. The summed E-state index contributed by atoms with van der Waals surface area (Å²) in [6.45, 7) is 7.10. The van der Waals surface area contributed by atoms with Crippen LogP contribution < -0.4 is 25.0 Å². The number of halogens is 3. The Morgan fingerprint density at radius 3 is 2.44 bits per heavy atom. The molecule has 9 nitrogen and oxygen atoms in total. The number of amides is 1. The maximum absolute atomic E-state index is 14.1. The molecule has 0 saturated carbocycles. The molecule has 2 N–H and O–H groups in total. The van der Waals surface area contributed by atoms with Crippen molar-refractivity contribution in [2.45, 2.75) is 20.0 Å². The standard InChI is InChI=1S/C31H33F3N6O3/c1-5-39-10-12-40(13-11-39)26-9-8-21(15-23(26)31(32,33)34)38-29(41)20-7-6-19(2)27(14-20)43-30-22-16-28(42-4)25(35-3)17-24(22)36-18-37-30/h6-9,14-18,35H,5,10-13H2,1-4H3,(H,38,41). The van der Waals surface area contributed by atoms with Crippen molar-refractivity contribution in [3.05, 3.63) is 71.5 Å². The second kappa shape index (κ2) is 12.3. The number of hydrogen-bond acceptors (Lipinski definition) is 8. The quantitative estimate of drug-likeness (QED) is 0.250. The van der Waals surface area contributed by atoms with Gasteiger partial charge in [-0.25, -0.2) is 9.97 Å². The molecular formula is C31H33F3N6O3. The van der Waals surface area contributed by atoms with E-state index in [1.807, 2.05) is 19.9 Å². The second-order valence-electron chi connectivity index (χ2n) is 10.2. The predicted octanol–water partition coefficient (Wildman–Crippen LogP) is 6.19. The first-order valence-electron chi connectivity index (χ1n) is 13.9. The number of carbonyl (C=O) groups excluding carboxylic acids is 1. The summed E-state index contributed by atoms with van der Waals surface area (Å²) in [7, 11) is 3.33. The van der Waals surface area contributed by atoms with E-state index in [1.54, 1.807) is 37.3 Å². The van der Waals surface area contributed by atoms with Crippen LogP contribution in [0.4, 0.5) is 30.2 Å². The molecule has 1 aliphatic heterocycles. The Bertz CT molecular complexity index is 1640. The van der Waals surface area contributed by atoms with Crippen molar-refractivity contribution in [1.29, 1.82) is 0 Å². The number of alkyl halides is 3. The van der Waals surface area contributed by atoms with Crippen LogP contribution in [0.2, 0.25) is 0 Å². The summed E-state index contributed by atoms with van der Waals surface area (Å²) < 4.78 is 53.9. The van der Waals surface area contributed by atoms with Crippen molar-refractivity contribution in [3.8, 4) is 17.4 Å². The molecule has 226 valence electrons. The fourth-order valence-electron chi connectivity index (χ4n) is 5.09. The summed E-state index contributed by atoms with van der Waals surface area (Å²) >= 11 is 0. The molecule has 0 bridgehead atoms. The van der Waals surface area contributed by atoms with Crippen LogP contribution in [0.3, 0.4) is 0 Å². The van der Waals surface area contributed by atoms with Crippen LogP contribution >= 0.6 is 0 Å². The average Bonchev–Trinajstić information content (AvgIpc) is 3.01. The van der Waals surface area contributed by atoms with E-state index < -0.39 is 17.6 Å². The number of piperazine rings is 1. The number of anilines is 3. The van der Waals surface area contributed by atoms with Gasteiger partial charge in [-0.2, -0.15) is 13.2 Å². The van der Waals surface area contributed by atoms with Crippen molar-refractivity contribution < 1.29 is 27.4 Å². The fourth-order valence-corrected chi connectivity index (χ4v) is 5.09. The smallest absolute Gasteiger partial charge is 0.418 e. The monoisotopic (exact) mass is 594 g/mol. The number of aryl methyl sites for hydroxylation is 1. The van der Waals surface area contributed by atoms with Crippen LogP contribution in [0.15, 0.2) is 54.9 Å². The lowest BCUT2D eigenvalue weighted by Crippen LogP contribution is -2.46. The minimum Gasteiger partial charge on any atom is -0.495 e. The maximum atomic E-state index is 14.1. The van der Waals surface area contributed by atoms with Gasteiger partial charge in [0.2, 0.25) is 5.88 Å². The van der Waals surface area contributed by atoms with Gasteiger partial charge in [-0.1, -0.05) is 13.0 Å². The molecule has 2 heterocycles. The number of carbonyl (C=O) groups is 1. The molecule has 1 aliphatic rings. The van der Waals surface area contributed by atoms with Crippen LogP contribution in [0.5, 0.6) is 17.4 Å². The van der Waals surface area contributed by atoms with Crippen LogP contribution in [-0.2, 0) is 6.18 Å². The van der Waals surface area contributed by atoms with E-state index in [-0.39, 0.29) is 22.8 Å². The summed E-state index contributed by atoms with van der Waals surface area (Å²) in [6, 6.07) is 12.3. The average molecular weight is 595 g/mol. The summed E-state index contributed by atoms with van der Waals surface area (Å²) in [5.41, 5.74) is 1.69. The number of aromatic nitrogens is 2.